The first-order valence-electron chi connectivity index (χ1n) is 20.4. The molecule has 0 spiro atoms. The summed E-state index contributed by atoms with van der Waals surface area (Å²) in [4.78, 5) is 1.99. The van der Waals surface area contributed by atoms with Crippen LogP contribution in [-0.4, -0.2) is 0 Å². The Morgan fingerprint density at radius 2 is 1.00 bits per heavy atom. The molecule has 0 saturated heterocycles. The van der Waals surface area contributed by atoms with Gasteiger partial charge >= 0.3 is 0 Å². The average Bonchev–Trinajstić information content (AvgIpc) is 3.58. The van der Waals surface area contributed by atoms with E-state index in [0.29, 0.717) is 11.1 Å². The van der Waals surface area contributed by atoms with Crippen LogP contribution in [-0.2, 0) is 5.41 Å². The van der Waals surface area contributed by atoms with Crippen LogP contribution >= 0.6 is 0 Å². The second-order valence-corrected chi connectivity index (χ2v) is 13.8. The Hall–Kier alpha value is -6.96. The average molecular weight is 692 g/mol. The van der Waals surface area contributed by atoms with Crippen molar-refractivity contribution in [2.75, 3.05) is 4.90 Å². The summed E-state index contributed by atoms with van der Waals surface area (Å²) in [5.41, 5.74) is 10.8. The zero-order valence-corrected chi connectivity index (χ0v) is 29.5. The third-order valence-electron chi connectivity index (χ3n) is 10.8. The lowest BCUT2D eigenvalue weighted by atomic mass is 9.67. The van der Waals surface area contributed by atoms with Gasteiger partial charge in [0.05, 0.1) is 16.6 Å². The molecule has 0 N–H and O–H groups in total. The summed E-state index contributed by atoms with van der Waals surface area (Å²) in [5.74, 6) is 0. The highest BCUT2D eigenvalue weighted by Crippen LogP contribution is 2.57. The molecule has 0 saturated carbocycles. The summed E-state index contributed by atoms with van der Waals surface area (Å²) >= 11 is 0. The van der Waals surface area contributed by atoms with Gasteiger partial charge in [-0.05, 0) is 97.2 Å². The lowest BCUT2D eigenvalue weighted by Gasteiger charge is -2.35. The summed E-state index contributed by atoms with van der Waals surface area (Å²) in [5, 5.41) is 2.02. The number of nitrogens with zero attached hydrogens (tertiary/aromatic N) is 1. The van der Waals surface area contributed by atoms with Crippen LogP contribution in [0, 0.1) is 0 Å². The maximum absolute atomic E-state index is 10.0. The molecule has 1 aliphatic rings. The molecule has 1 aliphatic carbocycles. The molecule has 9 aromatic carbocycles. The first-order chi connectivity index (χ1) is 28.5. The second kappa shape index (κ2) is 13.2. The third kappa shape index (κ3) is 5.17. The minimum absolute atomic E-state index is 0.0188. The lowest BCUT2D eigenvalue weighted by molar-refractivity contribution is 0.768. The number of hydrogen-bond acceptors (Lipinski definition) is 1. The summed E-state index contributed by atoms with van der Waals surface area (Å²) in [6, 6.07) is 68.0. The van der Waals surface area contributed by atoms with E-state index in [0.717, 1.165) is 61.1 Å². The normalized spacial score (nSPS) is 13.6. The molecule has 0 aliphatic heterocycles. The zero-order valence-electron chi connectivity index (χ0n) is 33.5. The van der Waals surface area contributed by atoms with Gasteiger partial charge in [0.15, 0.2) is 0 Å². The molecule has 1 nitrogen and oxygen atoms in total. The molecule has 254 valence electrons. The van der Waals surface area contributed by atoms with Gasteiger partial charge in [0.25, 0.3) is 0 Å². The van der Waals surface area contributed by atoms with Gasteiger partial charge in [-0.2, -0.15) is 0 Å². The summed E-state index contributed by atoms with van der Waals surface area (Å²) < 4.78 is 38.1. The van der Waals surface area contributed by atoms with E-state index in [2.05, 4.69) is 121 Å². The number of rotatable bonds is 7. The van der Waals surface area contributed by atoms with Crippen LogP contribution in [0.1, 0.15) is 27.7 Å². The van der Waals surface area contributed by atoms with E-state index in [1.54, 1.807) is 0 Å². The van der Waals surface area contributed by atoms with Gasteiger partial charge in [-0.15, -0.1) is 0 Å². The number of para-hydroxylation sites is 1. The molecule has 0 amide bonds. The predicted molar refractivity (Wildman–Crippen MR) is 227 cm³/mol. The zero-order chi connectivity index (χ0) is 39.4. The Balaban J connectivity index is 1.30. The van der Waals surface area contributed by atoms with E-state index >= 15 is 0 Å². The fraction of sp³-hybridized carbons (Fsp3) is 0.0189. The van der Waals surface area contributed by atoms with Crippen LogP contribution in [0.15, 0.2) is 224 Å². The number of hydrogen-bond donors (Lipinski definition) is 0. The van der Waals surface area contributed by atoms with Gasteiger partial charge < -0.3 is 4.90 Å². The molecule has 0 unspecified atom stereocenters. The molecular formula is C53H37N. The standard InChI is InChI=1S/C53H37N/c1-4-18-39(19-5-1)47-27-13-15-30-52(47)54(45-26-16-21-41(36-45)42-32-31-38-17-10-11-20-40(38)35-42)46-33-34-49-48-28-12-14-29-50(48)53(51(49)37-46,43-22-6-2-7-23-43)44-24-8-3-9-25-44/h1-37H/i16D,21D,26D,36D. The van der Waals surface area contributed by atoms with Crippen molar-refractivity contribution in [3.63, 3.8) is 0 Å². The van der Waals surface area contributed by atoms with Crippen molar-refractivity contribution in [3.05, 3.63) is 247 Å². The van der Waals surface area contributed by atoms with Gasteiger partial charge in [-0.1, -0.05) is 188 Å². The van der Waals surface area contributed by atoms with Crippen molar-refractivity contribution in [2.24, 2.45) is 0 Å². The lowest BCUT2D eigenvalue weighted by Crippen LogP contribution is -2.28. The van der Waals surface area contributed by atoms with Gasteiger partial charge in [0.2, 0.25) is 0 Å². The van der Waals surface area contributed by atoms with E-state index in [1.807, 2.05) is 83.8 Å². The Bertz CT molecular complexity index is 2960. The molecule has 54 heavy (non-hydrogen) atoms. The number of fused-ring (bicyclic) bond motifs is 4. The van der Waals surface area contributed by atoms with Crippen molar-refractivity contribution in [1.82, 2.24) is 0 Å². The van der Waals surface area contributed by atoms with E-state index in [-0.39, 0.29) is 29.9 Å². The van der Waals surface area contributed by atoms with E-state index in [1.165, 1.54) is 5.56 Å². The van der Waals surface area contributed by atoms with Crippen LogP contribution < -0.4 is 4.90 Å². The minimum atomic E-state index is -0.676. The number of benzene rings is 9. The number of anilines is 3. The molecule has 0 atom stereocenters. The van der Waals surface area contributed by atoms with Crippen LogP contribution in [0.5, 0.6) is 0 Å². The van der Waals surface area contributed by atoms with Crippen LogP contribution in [0.2, 0.25) is 0 Å². The molecule has 0 aromatic heterocycles. The summed E-state index contributed by atoms with van der Waals surface area (Å²) in [6.07, 6.45) is 0. The highest BCUT2D eigenvalue weighted by molar-refractivity contribution is 5.93. The predicted octanol–water partition coefficient (Wildman–Crippen LogP) is 14.0. The molecule has 0 heterocycles. The maximum Gasteiger partial charge on any atom is 0.0714 e. The van der Waals surface area contributed by atoms with Crippen molar-refractivity contribution in [1.29, 1.82) is 0 Å². The largest absolute Gasteiger partial charge is 0.310 e. The minimum Gasteiger partial charge on any atom is -0.310 e. The fourth-order valence-electron chi connectivity index (χ4n) is 8.43. The Morgan fingerprint density at radius 1 is 0.389 bits per heavy atom. The Labute approximate surface area is 322 Å². The first-order valence-corrected chi connectivity index (χ1v) is 18.4. The maximum atomic E-state index is 10.0. The quantitative estimate of drug-likeness (QED) is 0.161. The van der Waals surface area contributed by atoms with Gasteiger partial charge in [-0.3, -0.25) is 0 Å². The fourth-order valence-corrected chi connectivity index (χ4v) is 8.43. The Morgan fingerprint density at radius 3 is 1.76 bits per heavy atom. The van der Waals surface area contributed by atoms with Crippen LogP contribution in [0.3, 0.4) is 0 Å². The molecular weight excluding hydrogens is 651 g/mol. The smallest absolute Gasteiger partial charge is 0.0714 e. The van der Waals surface area contributed by atoms with Crippen molar-refractivity contribution in [2.45, 2.75) is 5.41 Å². The van der Waals surface area contributed by atoms with Crippen LogP contribution in [0.25, 0.3) is 44.2 Å². The van der Waals surface area contributed by atoms with E-state index in [4.69, 9.17) is 0 Å². The second-order valence-electron chi connectivity index (χ2n) is 13.8. The monoisotopic (exact) mass is 691 g/mol. The summed E-state index contributed by atoms with van der Waals surface area (Å²) in [6.45, 7) is 0. The molecule has 1 heteroatoms. The molecule has 0 bridgehead atoms. The first kappa shape index (κ1) is 27.7. The SMILES string of the molecule is [2H]c1c([2H])c(-c2ccc3ccccc3c2)c([2H])c(N(c2ccc3c(c2)C(c2ccccc2)(c2ccccc2)c2ccccc2-3)c2ccccc2-c2ccccc2)c1[2H]. The van der Waals surface area contributed by atoms with Gasteiger partial charge in [0, 0.05) is 16.9 Å². The highest BCUT2D eigenvalue weighted by atomic mass is 15.1. The van der Waals surface area contributed by atoms with E-state index < -0.39 is 5.41 Å². The highest BCUT2D eigenvalue weighted by Gasteiger charge is 2.46. The molecule has 0 radical (unpaired) electrons. The van der Waals surface area contributed by atoms with Gasteiger partial charge in [0.1, 0.15) is 0 Å². The van der Waals surface area contributed by atoms with E-state index in [9.17, 15) is 5.48 Å². The van der Waals surface area contributed by atoms with Gasteiger partial charge in [-0.25, -0.2) is 0 Å². The van der Waals surface area contributed by atoms with Crippen molar-refractivity contribution < 1.29 is 5.48 Å². The molecule has 9 aromatic rings. The van der Waals surface area contributed by atoms with Crippen molar-refractivity contribution >= 4 is 27.8 Å². The molecule has 10 rings (SSSR count). The molecule has 0 fully saturated rings. The topological polar surface area (TPSA) is 3.24 Å². The third-order valence-corrected chi connectivity index (χ3v) is 10.8. The Kier molecular flexibility index (Phi) is 6.77. The summed E-state index contributed by atoms with van der Waals surface area (Å²) in [7, 11) is 0. The van der Waals surface area contributed by atoms with Crippen LogP contribution in [0.4, 0.5) is 17.1 Å². The van der Waals surface area contributed by atoms with Crippen molar-refractivity contribution in [3.8, 4) is 33.4 Å².